The number of aliphatic hydroxyl groups excluding tert-OH is 1. The minimum absolute atomic E-state index is 0.0469. The zero-order chi connectivity index (χ0) is 14.8. The molecule has 1 aromatic heterocycles. The second-order valence-corrected chi connectivity index (χ2v) is 6.32. The molecule has 1 saturated carbocycles. The van der Waals surface area contributed by atoms with Gasteiger partial charge in [0.05, 0.1) is 19.4 Å². The van der Waals surface area contributed by atoms with Gasteiger partial charge in [0, 0.05) is 19.1 Å². The molecule has 1 unspecified atom stereocenters. The lowest BCUT2D eigenvalue weighted by Gasteiger charge is -2.32. The molecule has 0 amide bonds. The molecule has 3 rings (SSSR count). The van der Waals surface area contributed by atoms with Gasteiger partial charge in [0.1, 0.15) is 6.61 Å². The minimum Gasteiger partial charge on any atom is -0.388 e. The van der Waals surface area contributed by atoms with E-state index in [2.05, 4.69) is 16.9 Å². The standard InChI is InChI=1S/C14H24N4O2S/c1-2-3-12-8-16(6-7-20-12)10-17-14(21)18(11-4-5-11)13(9-19)15-17/h11-12,19H,2-10H2,1H3. The topological polar surface area (TPSA) is 55.5 Å². The summed E-state index contributed by atoms with van der Waals surface area (Å²) in [5, 5.41) is 14.0. The highest BCUT2D eigenvalue weighted by Gasteiger charge is 2.29. The lowest BCUT2D eigenvalue weighted by molar-refractivity contribution is -0.0437. The van der Waals surface area contributed by atoms with Gasteiger partial charge in [-0.2, -0.15) is 5.10 Å². The molecule has 21 heavy (non-hydrogen) atoms. The first-order valence-corrected chi connectivity index (χ1v) is 8.26. The Morgan fingerprint density at radius 3 is 2.90 bits per heavy atom. The second-order valence-electron chi connectivity index (χ2n) is 5.96. The summed E-state index contributed by atoms with van der Waals surface area (Å²) in [6, 6.07) is 0.450. The third-order valence-corrected chi connectivity index (χ3v) is 4.57. The molecule has 6 nitrogen and oxygen atoms in total. The normalized spacial score (nSPS) is 23.6. The van der Waals surface area contributed by atoms with Gasteiger partial charge in [-0.3, -0.25) is 9.47 Å². The number of aromatic nitrogens is 3. The molecular weight excluding hydrogens is 288 g/mol. The second kappa shape index (κ2) is 6.56. The maximum Gasteiger partial charge on any atom is 0.199 e. The zero-order valence-corrected chi connectivity index (χ0v) is 13.4. The fraction of sp³-hybridized carbons (Fsp3) is 0.857. The van der Waals surface area contributed by atoms with Crippen LogP contribution in [0.4, 0.5) is 0 Å². The summed E-state index contributed by atoms with van der Waals surface area (Å²) in [6.07, 6.45) is 4.84. The van der Waals surface area contributed by atoms with E-state index in [0.717, 1.165) is 50.2 Å². The van der Waals surface area contributed by atoms with E-state index in [1.165, 1.54) is 0 Å². The van der Waals surface area contributed by atoms with Gasteiger partial charge >= 0.3 is 0 Å². The van der Waals surface area contributed by atoms with Crippen LogP contribution >= 0.6 is 12.2 Å². The molecule has 2 heterocycles. The van der Waals surface area contributed by atoms with Gasteiger partial charge in [0.25, 0.3) is 0 Å². The summed E-state index contributed by atoms with van der Waals surface area (Å²) in [5.41, 5.74) is 0. The molecule has 0 bridgehead atoms. The Labute approximate surface area is 130 Å². The fourth-order valence-corrected chi connectivity index (χ4v) is 3.31. The van der Waals surface area contributed by atoms with Gasteiger partial charge in [-0.25, -0.2) is 4.68 Å². The van der Waals surface area contributed by atoms with Crippen molar-refractivity contribution < 1.29 is 9.84 Å². The number of ether oxygens (including phenoxy) is 1. The van der Waals surface area contributed by atoms with E-state index in [4.69, 9.17) is 17.0 Å². The van der Waals surface area contributed by atoms with Crippen molar-refractivity contribution in [3.05, 3.63) is 10.6 Å². The van der Waals surface area contributed by atoms with Crippen molar-refractivity contribution in [3.8, 4) is 0 Å². The highest BCUT2D eigenvalue weighted by Crippen LogP contribution is 2.36. The van der Waals surface area contributed by atoms with E-state index in [-0.39, 0.29) is 6.61 Å². The summed E-state index contributed by atoms with van der Waals surface area (Å²) in [5.74, 6) is 0.695. The molecule has 0 radical (unpaired) electrons. The van der Waals surface area contributed by atoms with Crippen LogP contribution in [0.25, 0.3) is 0 Å². The quantitative estimate of drug-likeness (QED) is 0.810. The number of hydrogen-bond donors (Lipinski definition) is 1. The maximum atomic E-state index is 9.47. The summed E-state index contributed by atoms with van der Waals surface area (Å²) in [6.45, 7) is 5.44. The van der Waals surface area contributed by atoms with Gasteiger partial charge in [0.15, 0.2) is 10.6 Å². The van der Waals surface area contributed by atoms with Crippen LogP contribution in [0, 0.1) is 4.77 Å². The molecule has 118 valence electrons. The average Bonchev–Trinajstić information content (AvgIpc) is 3.26. The molecule has 1 aliphatic heterocycles. The first-order chi connectivity index (χ1) is 10.2. The molecule has 1 atom stereocenters. The van der Waals surface area contributed by atoms with Crippen LogP contribution in [0.5, 0.6) is 0 Å². The predicted octanol–water partition coefficient (Wildman–Crippen LogP) is 1.70. The Hall–Kier alpha value is -0.760. The van der Waals surface area contributed by atoms with E-state index in [0.29, 0.717) is 24.6 Å². The third kappa shape index (κ3) is 3.36. The molecule has 2 fully saturated rings. The van der Waals surface area contributed by atoms with E-state index in [9.17, 15) is 5.11 Å². The maximum absolute atomic E-state index is 9.47. The first kappa shape index (κ1) is 15.1. The molecule has 1 saturated heterocycles. The van der Waals surface area contributed by atoms with Crippen LogP contribution in [0.2, 0.25) is 0 Å². The van der Waals surface area contributed by atoms with Crippen LogP contribution in [0.15, 0.2) is 0 Å². The van der Waals surface area contributed by atoms with Crippen LogP contribution in [-0.4, -0.2) is 50.2 Å². The molecular formula is C14H24N4O2S. The Morgan fingerprint density at radius 2 is 2.24 bits per heavy atom. The zero-order valence-electron chi connectivity index (χ0n) is 12.6. The molecule has 1 N–H and O–H groups in total. The lowest BCUT2D eigenvalue weighted by Crippen LogP contribution is -2.43. The van der Waals surface area contributed by atoms with E-state index >= 15 is 0 Å². The molecule has 1 aliphatic carbocycles. The Morgan fingerprint density at radius 1 is 1.43 bits per heavy atom. The fourth-order valence-electron chi connectivity index (χ4n) is 2.96. The highest BCUT2D eigenvalue weighted by atomic mass is 32.1. The van der Waals surface area contributed by atoms with E-state index < -0.39 is 0 Å². The van der Waals surface area contributed by atoms with Crippen LogP contribution < -0.4 is 0 Å². The van der Waals surface area contributed by atoms with E-state index in [1.807, 2.05) is 9.25 Å². The smallest absolute Gasteiger partial charge is 0.199 e. The summed E-state index contributed by atoms with van der Waals surface area (Å²) in [4.78, 5) is 2.34. The van der Waals surface area contributed by atoms with Crippen LogP contribution in [-0.2, 0) is 18.0 Å². The van der Waals surface area contributed by atoms with Crippen molar-refractivity contribution in [2.75, 3.05) is 19.7 Å². The molecule has 2 aliphatic rings. The highest BCUT2D eigenvalue weighted by molar-refractivity contribution is 7.71. The van der Waals surface area contributed by atoms with Crippen LogP contribution in [0.1, 0.15) is 44.5 Å². The molecule has 7 heteroatoms. The van der Waals surface area contributed by atoms with Crippen molar-refractivity contribution in [2.45, 2.75) is 58.0 Å². The molecule has 1 aromatic rings. The summed E-state index contributed by atoms with van der Waals surface area (Å²) >= 11 is 5.54. The predicted molar refractivity (Wildman–Crippen MR) is 81.5 cm³/mol. The minimum atomic E-state index is -0.0469. The van der Waals surface area contributed by atoms with Crippen molar-refractivity contribution in [2.24, 2.45) is 0 Å². The Kier molecular flexibility index (Phi) is 4.73. The third-order valence-electron chi connectivity index (χ3n) is 4.16. The summed E-state index contributed by atoms with van der Waals surface area (Å²) in [7, 11) is 0. The van der Waals surface area contributed by atoms with Gasteiger partial charge in [0.2, 0.25) is 0 Å². The SMILES string of the molecule is CCCC1CN(Cn2nc(CO)n(C3CC3)c2=S)CCO1. The summed E-state index contributed by atoms with van der Waals surface area (Å²) < 4.78 is 10.4. The van der Waals surface area contributed by atoms with Crippen LogP contribution in [0.3, 0.4) is 0 Å². The number of rotatable bonds is 6. The molecule has 0 spiro atoms. The largest absolute Gasteiger partial charge is 0.388 e. The van der Waals surface area contributed by atoms with Gasteiger partial charge in [-0.15, -0.1) is 0 Å². The monoisotopic (exact) mass is 312 g/mol. The Bertz CT molecular complexity index is 536. The molecule has 0 aromatic carbocycles. The number of nitrogens with zero attached hydrogens (tertiary/aromatic N) is 4. The first-order valence-electron chi connectivity index (χ1n) is 7.86. The number of morpholine rings is 1. The van der Waals surface area contributed by atoms with Gasteiger partial charge < -0.3 is 9.84 Å². The van der Waals surface area contributed by atoms with Gasteiger partial charge in [-0.05, 0) is 31.5 Å². The van der Waals surface area contributed by atoms with Crippen molar-refractivity contribution >= 4 is 12.2 Å². The van der Waals surface area contributed by atoms with Gasteiger partial charge in [-0.1, -0.05) is 13.3 Å². The van der Waals surface area contributed by atoms with Crippen molar-refractivity contribution in [1.82, 2.24) is 19.2 Å². The lowest BCUT2D eigenvalue weighted by atomic mass is 10.2. The number of hydrogen-bond acceptors (Lipinski definition) is 5. The Balaban J connectivity index is 1.71. The van der Waals surface area contributed by atoms with Crippen molar-refractivity contribution in [1.29, 1.82) is 0 Å². The van der Waals surface area contributed by atoms with Crippen molar-refractivity contribution in [3.63, 3.8) is 0 Å². The van der Waals surface area contributed by atoms with E-state index in [1.54, 1.807) is 0 Å². The number of aliphatic hydroxyl groups is 1. The average molecular weight is 312 g/mol.